The zero-order chi connectivity index (χ0) is 10.6. The number of nitrogens with one attached hydrogen (secondary N) is 1. The van der Waals surface area contributed by atoms with Crippen molar-refractivity contribution in [2.24, 2.45) is 0 Å². The maximum Gasteiger partial charge on any atom is 0.335 e. The number of carbonyl (C=O) groups is 2. The van der Waals surface area contributed by atoms with E-state index in [0.717, 1.165) is 0 Å². The molecule has 0 saturated carbocycles. The summed E-state index contributed by atoms with van der Waals surface area (Å²) >= 11 is 0. The number of methoxy groups -OCH3 is 1. The third kappa shape index (κ3) is 2.01. The van der Waals surface area contributed by atoms with Crippen LogP contribution in [0.2, 0.25) is 0 Å². The fraction of sp³-hybridized carbons (Fsp3) is 0.111. The average Bonchev–Trinajstić information content (AvgIpc) is 2.18. The molecule has 0 atom stereocenters. The molecule has 1 aromatic rings. The molecule has 5 heteroatoms. The van der Waals surface area contributed by atoms with Crippen LogP contribution in [-0.4, -0.2) is 24.6 Å². The Morgan fingerprint density at radius 1 is 1.57 bits per heavy atom. The third-order valence-corrected chi connectivity index (χ3v) is 1.66. The Bertz CT molecular complexity index is 362. The number of carbonyl (C=O) groups excluding carboxylic acids is 1. The van der Waals surface area contributed by atoms with E-state index in [1.807, 2.05) is 0 Å². The van der Waals surface area contributed by atoms with Crippen molar-refractivity contribution in [2.45, 2.75) is 0 Å². The molecular weight excluding hydrogens is 186 g/mol. The molecule has 1 rings (SSSR count). The van der Waals surface area contributed by atoms with Crippen molar-refractivity contribution in [3.63, 3.8) is 0 Å². The second-order valence-electron chi connectivity index (χ2n) is 2.48. The Labute approximate surface area is 80.3 Å². The van der Waals surface area contributed by atoms with Gasteiger partial charge >= 0.3 is 5.97 Å². The number of amides is 1. The Hall–Kier alpha value is -2.04. The van der Waals surface area contributed by atoms with Gasteiger partial charge in [0, 0.05) is 0 Å². The lowest BCUT2D eigenvalue weighted by molar-refractivity contribution is -0.105. The summed E-state index contributed by atoms with van der Waals surface area (Å²) in [4.78, 5) is 20.8. The van der Waals surface area contributed by atoms with Crippen molar-refractivity contribution < 1.29 is 19.4 Å². The SMILES string of the molecule is COc1ccc(C(=O)O)cc1NC=O. The van der Waals surface area contributed by atoms with Gasteiger partial charge in [0.1, 0.15) is 5.75 Å². The number of aromatic carboxylic acids is 1. The van der Waals surface area contributed by atoms with Gasteiger partial charge in [0.05, 0.1) is 18.4 Å². The zero-order valence-electron chi connectivity index (χ0n) is 7.48. The summed E-state index contributed by atoms with van der Waals surface area (Å²) in [6.07, 6.45) is 0.462. The number of benzene rings is 1. The minimum atomic E-state index is -1.05. The highest BCUT2D eigenvalue weighted by Gasteiger charge is 2.07. The molecule has 0 aromatic heterocycles. The second kappa shape index (κ2) is 4.27. The van der Waals surface area contributed by atoms with E-state index < -0.39 is 5.97 Å². The van der Waals surface area contributed by atoms with Crippen LogP contribution in [0.15, 0.2) is 18.2 Å². The molecule has 0 unspecified atom stereocenters. The Morgan fingerprint density at radius 2 is 2.29 bits per heavy atom. The van der Waals surface area contributed by atoms with Gasteiger partial charge in [-0.1, -0.05) is 0 Å². The number of rotatable bonds is 4. The van der Waals surface area contributed by atoms with Gasteiger partial charge < -0.3 is 15.2 Å². The van der Waals surface area contributed by atoms with Gasteiger partial charge in [-0.2, -0.15) is 0 Å². The summed E-state index contributed by atoms with van der Waals surface area (Å²) in [6, 6.07) is 4.21. The van der Waals surface area contributed by atoms with E-state index in [1.54, 1.807) is 0 Å². The van der Waals surface area contributed by atoms with Crippen LogP contribution in [0.3, 0.4) is 0 Å². The molecule has 0 aliphatic carbocycles. The fourth-order valence-electron chi connectivity index (χ4n) is 1.02. The normalized spacial score (nSPS) is 9.21. The topological polar surface area (TPSA) is 75.6 Å². The van der Waals surface area contributed by atoms with E-state index in [1.165, 1.54) is 25.3 Å². The van der Waals surface area contributed by atoms with Crippen molar-refractivity contribution >= 4 is 18.1 Å². The predicted octanol–water partition coefficient (Wildman–Crippen LogP) is 0.962. The smallest absolute Gasteiger partial charge is 0.335 e. The summed E-state index contributed by atoms with van der Waals surface area (Å²) in [6.45, 7) is 0. The lowest BCUT2D eigenvalue weighted by atomic mass is 10.2. The summed E-state index contributed by atoms with van der Waals surface area (Å²) in [5, 5.41) is 11.0. The Balaban J connectivity index is 3.13. The maximum absolute atomic E-state index is 10.6. The molecule has 0 heterocycles. The summed E-state index contributed by atoms with van der Waals surface area (Å²) in [5.41, 5.74) is 0.428. The molecule has 1 aromatic carbocycles. The summed E-state index contributed by atoms with van der Waals surface area (Å²) in [7, 11) is 1.44. The largest absolute Gasteiger partial charge is 0.495 e. The fourth-order valence-corrected chi connectivity index (χ4v) is 1.02. The minimum absolute atomic E-state index is 0.0927. The van der Waals surface area contributed by atoms with Crippen LogP contribution in [-0.2, 0) is 4.79 Å². The highest BCUT2D eigenvalue weighted by molar-refractivity contribution is 5.90. The maximum atomic E-state index is 10.6. The highest BCUT2D eigenvalue weighted by Crippen LogP contribution is 2.24. The van der Waals surface area contributed by atoms with Crippen molar-refractivity contribution in [3.05, 3.63) is 23.8 Å². The molecule has 0 aliphatic heterocycles. The Morgan fingerprint density at radius 3 is 2.79 bits per heavy atom. The van der Waals surface area contributed by atoms with Gasteiger partial charge in [-0.25, -0.2) is 4.79 Å². The average molecular weight is 195 g/mol. The van der Waals surface area contributed by atoms with Crippen molar-refractivity contribution in [3.8, 4) is 5.75 Å². The lowest BCUT2D eigenvalue weighted by Gasteiger charge is -2.07. The summed E-state index contributed by atoms with van der Waals surface area (Å²) in [5.74, 6) is -0.635. The van der Waals surface area contributed by atoms with Gasteiger partial charge in [-0.05, 0) is 18.2 Å². The number of hydrogen-bond donors (Lipinski definition) is 2. The molecule has 1 amide bonds. The van der Waals surface area contributed by atoms with E-state index in [2.05, 4.69) is 5.32 Å². The van der Waals surface area contributed by atoms with Crippen molar-refractivity contribution in [1.29, 1.82) is 0 Å². The Kier molecular flexibility index (Phi) is 3.06. The molecule has 14 heavy (non-hydrogen) atoms. The molecule has 5 nitrogen and oxygen atoms in total. The molecule has 0 fully saturated rings. The van der Waals surface area contributed by atoms with Crippen LogP contribution in [0.5, 0.6) is 5.75 Å². The highest BCUT2D eigenvalue weighted by atomic mass is 16.5. The van der Waals surface area contributed by atoms with Gasteiger partial charge in [0.15, 0.2) is 0 Å². The monoisotopic (exact) mass is 195 g/mol. The van der Waals surface area contributed by atoms with E-state index in [-0.39, 0.29) is 5.56 Å². The van der Waals surface area contributed by atoms with Crippen LogP contribution in [0.1, 0.15) is 10.4 Å². The van der Waals surface area contributed by atoms with Crippen LogP contribution < -0.4 is 10.1 Å². The van der Waals surface area contributed by atoms with Gasteiger partial charge in [-0.15, -0.1) is 0 Å². The van der Waals surface area contributed by atoms with Crippen LogP contribution in [0.4, 0.5) is 5.69 Å². The number of ether oxygens (including phenoxy) is 1. The number of carboxylic acids is 1. The molecule has 0 spiro atoms. The first-order chi connectivity index (χ1) is 6.69. The quantitative estimate of drug-likeness (QED) is 0.701. The van der Waals surface area contributed by atoms with E-state index >= 15 is 0 Å². The standard InChI is InChI=1S/C9H9NO4/c1-14-8-3-2-6(9(12)13)4-7(8)10-5-11/h2-5H,1H3,(H,10,11)(H,12,13). The first kappa shape index (κ1) is 10.0. The molecule has 0 radical (unpaired) electrons. The van der Waals surface area contributed by atoms with E-state index in [0.29, 0.717) is 17.8 Å². The molecule has 0 saturated heterocycles. The first-order valence-corrected chi connectivity index (χ1v) is 3.80. The van der Waals surface area contributed by atoms with Gasteiger partial charge in [0.2, 0.25) is 6.41 Å². The number of anilines is 1. The first-order valence-electron chi connectivity index (χ1n) is 3.80. The molecule has 2 N–H and O–H groups in total. The molecule has 0 aliphatic rings. The molecular formula is C9H9NO4. The van der Waals surface area contributed by atoms with Gasteiger partial charge in [-0.3, -0.25) is 4.79 Å². The minimum Gasteiger partial charge on any atom is -0.495 e. The zero-order valence-corrected chi connectivity index (χ0v) is 7.48. The summed E-state index contributed by atoms with van der Waals surface area (Å²) < 4.78 is 4.92. The van der Waals surface area contributed by atoms with Crippen LogP contribution >= 0.6 is 0 Å². The number of carboxylic acid groups (broad SMARTS) is 1. The van der Waals surface area contributed by atoms with E-state index in [4.69, 9.17) is 9.84 Å². The number of hydrogen-bond acceptors (Lipinski definition) is 3. The predicted molar refractivity (Wildman–Crippen MR) is 49.6 cm³/mol. The van der Waals surface area contributed by atoms with Gasteiger partial charge in [0.25, 0.3) is 0 Å². The lowest BCUT2D eigenvalue weighted by Crippen LogP contribution is -2.01. The molecule has 74 valence electrons. The van der Waals surface area contributed by atoms with Crippen LogP contribution in [0, 0.1) is 0 Å². The second-order valence-corrected chi connectivity index (χ2v) is 2.48. The van der Waals surface area contributed by atoms with Crippen molar-refractivity contribution in [2.75, 3.05) is 12.4 Å². The third-order valence-electron chi connectivity index (χ3n) is 1.66. The van der Waals surface area contributed by atoms with Crippen LogP contribution in [0.25, 0.3) is 0 Å². The van der Waals surface area contributed by atoms with Crippen molar-refractivity contribution in [1.82, 2.24) is 0 Å². The molecule has 0 bridgehead atoms. The van der Waals surface area contributed by atoms with E-state index in [9.17, 15) is 9.59 Å².